The number of primary amides is 1. The second-order valence-corrected chi connectivity index (χ2v) is 6.89. The van der Waals surface area contributed by atoms with Gasteiger partial charge in [0.05, 0.1) is 17.9 Å². The van der Waals surface area contributed by atoms with Crippen molar-refractivity contribution in [3.05, 3.63) is 71.5 Å². The van der Waals surface area contributed by atoms with Crippen molar-refractivity contribution in [1.29, 1.82) is 0 Å². The van der Waals surface area contributed by atoms with Gasteiger partial charge in [-0.15, -0.1) is 0 Å². The van der Waals surface area contributed by atoms with Crippen molar-refractivity contribution in [2.75, 3.05) is 11.4 Å². The fourth-order valence-corrected chi connectivity index (χ4v) is 3.44. The first-order valence-electron chi connectivity index (χ1n) is 9.29. The van der Waals surface area contributed by atoms with E-state index in [-0.39, 0.29) is 0 Å². The van der Waals surface area contributed by atoms with Crippen LogP contribution in [0.25, 0.3) is 22.8 Å². The molecule has 144 valence electrons. The van der Waals surface area contributed by atoms with Crippen LogP contribution < -0.4 is 10.6 Å². The van der Waals surface area contributed by atoms with Gasteiger partial charge in [0.1, 0.15) is 5.82 Å². The number of aromatic nitrogens is 4. The van der Waals surface area contributed by atoms with Crippen molar-refractivity contribution in [1.82, 2.24) is 20.1 Å². The third-order valence-electron chi connectivity index (χ3n) is 4.99. The molecule has 2 aromatic carbocycles. The van der Waals surface area contributed by atoms with Crippen molar-refractivity contribution in [3.63, 3.8) is 0 Å². The van der Waals surface area contributed by atoms with Crippen LogP contribution in [0, 0.1) is 0 Å². The Balaban J connectivity index is 1.36. The maximum Gasteiger partial charge on any atom is 0.266 e. The number of carbonyl (C=O) groups is 1. The number of imidazole rings is 1. The van der Waals surface area contributed by atoms with Gasteiger partial charge in [-0.2, -0.15) is 4.98 Å². The maximum atomic E-state index is 11.2. The number of aromatic amines is 1. The number of anilines is 1. The molecule has 1 aliphatic rings. The molecule has 29 heavy (non-hydrogen) atoms. The lowest BCUT2D eigenvalue weighted by Gasteiger charge is -2.24. The molecule has 3 heterocycles. The summed E-state index contributed by atoms with van der Waals surface area (Å²) in [5.74, 6) is 1.40. The molecule has 4 aromatic rings. The predicted octanol–water partition coefficient (Wildman–Crippen LogP) is 2.79. The highest BCUT2D eigenvalue weighted by Gasteiger charge is 2.24. The number of fused-ring (bicyclic) bond motifs is 1. The Morgan fingerprint density at radius 1 is 1.03 bits per heavy atom. The molecule has 8 nitrogen and oxygen atoms in total. The van der Waals surface area contributed by atoms with Crippen molar-refractivity contribution < 1.29 is 9.32 Å². The first-order valence-corrected chi connectivity index (χ1v) is 9.29. The summed E-state index contributed by atoms with van der Waals surface area (Å²) in [6.07, 6.45) is 0.778. The number of nitrogens with one attached hydrogen (secondary N) is 1. The predicted molar refractivity (Wildman–Crippen MR) is 107 cm³/mol. The highest BCUT2D eigenvalue weighted by Crippen LogP contribution is 2.26. The standard InChI is InChI=1S/C21H18N6O2/c22-18(28)13-6-8-14(9-7-13)19-23-16-10-11-27(12-17(16)24-19)21-25-20(29-26-21)15-4-2-1-3-5-15/h1-9H,10-12H2,(H2,22,28)(H,23,24). The highest BCUT2D eigenvalue weighted by atomic mass is 16.5. The monoisotopic (exact) mass is 386 g/mol. The minimum Gasteiger partial charge on any atom is -0.366 e. The molecule has 1 amide bonds. The van der Waals surface area contributed by atoms with E-state index in [0.717, 1.165) is 41.3 Å². The van der Waals surface area contributed by atoms with Crippen molar-refractivity contribution >= 4 is 11.9 Å². The summed E-state index contributed by atoms with van der Waals surface area (Å²) in [6, 6.07) is 16.8. The molecule has 5 rings (SSSR count). The molecule has 0 aliphatic carbocycles. The molecule has 0 bridgehead atoms. The van der Waals surface area contributed by atoms with Crippen LogP contribution in [0.3, 0.4) is 0 Å². The van der Waals surface area contributed by atoms with E-state index in [4.69, 9.17) is 15.2 Å². The molecule has 2 aromatic heterocycles. The van der Waals surface area contributed by atoms with E-state index in [1.165, 1.54) is 0 Å². The Kier molecular flexibility index (Phi) is 4.09. The smallest absolute Gasteiger partial charge is 0.266 e. The number of hydrogen-bond acceptors (Lipinski definition) is 6. The third-order valence-corrected chi connectivity index (χ3v) is 4.99. The van der Waals surface area contributed by atoms with Crippen LogP contribution in [0.15, 0.2) is 59.1 Å². The lowest BCUT2D eigenvalue weighted by Crippen LogP contribution is -2.31. The van der Waals surface area contributed by atoms with Gasteiger partial charge in [0.15, 0.2) is 0 Å². The summed E-state index contributed by atoms with van der Waals surface area (Å²) in [5.41, 5.74) is 9.63. The van der Waals surface area contributed by atoms with E-state index in [2.05, 4.69) is 20.0 Å². The van der Waals surface area contributed by atoms with Crippen LogP contribution in [0.5, 0.6) is 0 Å². The molecule has 0 fully saturated rings. The molecule has 0 saturated heterocycles. The zero-order valence-corrected chi connectivity index (χ0v) is 15.5. The number of rotatable bonds is 4. The van der Waals surface area contributed by atoms with Crippen molar-refractivity contribution in [3.8, 4) is 22.8 Å². The minimum absolute atomic E-state index is 0.444. The summed E-state index contributed by atoms with van der Waals surface area (Å²) in [6.45, 7) is 1.38. The zero-order valence-electron chi connectivity index (χ0n) is 15.5. The number of hydrogen-bond donors (Lipinski definition) is 2. The Morgan fingerprint density at radius 2 is 1.83 bits per heavy atom. The Hall–Kier alpha value is -3.94. The van der Waals surface area contributed by atoms with Gasteiger partial charge in [-0.1, -0.05) is 30.3 Å². The Morgan fingerprint density at radius 3 is 2.59 bits per heavy atom. The number of amides is 1. The largest absolute Gasteiger partial charge is 0.366 e. The van der Waals surface area contributed by atoms with Gasteiger partial charge in [-0.25, -0.2) is 4.98 Å². The van der Waals surface area contributed by atoms with Gasteiger partial charge in [-0.05, 0) is 29.4 Å². The molecule has 0 radical (unpaired) electrons. The fraction of sp³-hybridized carbons (Fsp3) is 0.143. The molecular weight excluding hydrogens is 368 g/mol. The summed E-state index contributed by atoms with van der Waals surface area (Å²) in [7, 11) is 0. The van der Waals surface area contributed by atoms with Crippen LogP contribution in [0.1, 0.15) is 21.7 Å². The summed E-state index contributed by atoms with van der Waals surface area (Å²) in [5, 5.41) is 4.14. The van der Waals surface area contributed by atoms with Gasteiger partial charge < -0.3 is 20.1 Å². The van der Waals surface area contributed by atoms with E-state index >= 15 is 0 Å². The third kappa shape index (κ3) is 3.25. The number of H-pyrrole nitrogens is 1. The van der Waals surface area contributed by atoms with E-state index in [1.807, 2.05) is 42.5 Å². The quantitative estimate of drug-likeness (QED) is 0.557. The molecule has 0 atom stereocenters. The first-order chi connectivity index (χ1) is 14.2. The fourth-order valence-electron chi connectivity index (χ4n) is 3.44. The topological polar surface area (TPSA) is 114 Å². The lowest BCUT2D eigenvalue weighted by molar-refractivity contribution is 0.100. The van der Waals surface area contributed by atoms with Gasteiger partial charge >= 0.3 is 0 Å². The Labute approximate surface area is 166 Å². The number of benzene rings is 2. The average molecular weight is 386 g/mol. The maximum absolute atomic E-state index is 11.2. The number of carbonyl (C=O) groups excluding carboxylic acids is 1. The first kappa shape index (κ1) is 17.2. The number of nitrogens with zero attached hydrogens (tertiary/aromatic N) is 4. The second kappa shape index (κ2) is 6.90. The SMILES string of the molecule is NC(=O)c1ccc(-c2nc3c([nH]2)CN(c2noc(-c4ccccc4)n2)CC3)cc1. The normalized spacial score (nSPS) is 13.3. The van der Waals surface area contributed by atoms with Crippen molar-refractivity contribution in [2.45, 2.75) is 13.0 Å². The van der Waals surface area contributed by atoms with Crippen LogP contribution in [0.2, 0.25) is 0 Å². The summed E-state index contributed by atoms with van der Waals surface area (Å²) < 4.78 is 5.43. The van der Waals surface area contributed by atoms with Gasteiger partial charge in [-0.3, -0.25) is 4.79 Å². The summed E-state index contributed by atoms with van der Waals surface area (Å²) >= 11 is 0. The van der Waals surface area contributed by atoms with E-state index in [0.29, 0.717) is 23.9 Å². The molecule has 0 saturated carbocycles. The minimum atomic E-state index is -0.444. The molecule has 0 spiro atoms. The van der Waals surface area contributed by atoms with Crippen LogP contribution in [-0.4, -0.2) is 32.6 Å². The van der Waals surface area contributed by atoms with Gasteiger partial charge in [0.2, 0.25) is 5.91 Å². The van der Waals surface area contributed by atoms with Crippen molar-refractivity contribution in [2.24, 2.45) is 5.73 Å². The van der Waals surface area contributed by atoms with Gasteiger partial charge in [0.25, 0.3) is 11.8 Å². The molecular formula is C21H18N6O2. The Bertz CT molecular complexity index is 1160. The zero-order chi connectivity index (χ0) is 19.8. The van der Waals surface area contributed by atoms with E-state index in [1.54, 1.807) is 12.1 Å². The lowest BCUT2D eigenvalue weighted by atomic mass is 10.1. The molecule has 8 heteroatoms. The van der Waals surface area contributed by atoms with Crippen LogP contribution >= 0.6 is 0 Å². The average Bonchev–Trinajstić information content (AvgIpc) is 3.41. The van der Waals surface area contributed by atoms with E-state index in [9.17, 15) is 4.79 Å². The van der Waals surface area contributed by atoms with E-state index < -0.39 is 5.91 Å². The summed E-state index contributed by atoms with van der Waals surface area (Å²) in [4.78, 5) is 25.9. The van der Waals surface area contributed by atoms with Crippen LogP contribution in [-0.2, 0) is 13.0 Å². The van der Waals surface area contributed by atoms with Gasteiger partial charge in [0, 0.05) is 29.7 Å². The second-order valence-electron chi connectivity index (χ2n) is 6.89. The molecule has 0 unspecified atom stereocenters. The highest BCUT2D eigenvalue weighted by molar-refractivity contribution is 5.93. The van der Waals surface area contributed by atoms with Crippen LogP contribution in [0.4, 0.5) is 5.95 Å². The number of nitrogens with two attached hydrogens (primary N) is 1. The molecule has 3 N–H and O–H groups in total. The molecule has 1 aliphatic heterocycles.